The first-order chi connectivity index (χ1) is 13.2. The van der Waals surface area contributed by atoms with Gasteiger partial charge < -0.3 is 4.57 Å². The summed E-state index contributed by atoms with van der Waals surface area (Å²) in [4.78, 5) is 14.1. The summed E-state index contributed by atoms with van der Waals surface area (Å²) in [6.45, 7) is 3.45. The van der Waals surface area contributed by atoms with Crippen LogP contribution in [0.2, 0.25) is 0 Å². The van der Waals surface area contributed by atoms with Crippen molar-refractivity contribution in [2.45, 2.75) is 18.7 Å². The van der Waals surface area contributed by atoms with Gasteiger partial charge in [0.15, 0.2) is 0 Å². The minimum atomic E-state index is -4.13. The molecule has 0 aliphatic rings. The molecule has 2 aromatic carbocycles. The van der Waals surface area contributed by atoms with E-state index in [0.29, 0.717) is 17.1 Å². The lowest BCUT2D eigenvalue weighted by atomic mass is 10.2. The quantitative estimate of drug-likeness (QED) is 0.641. The molecule has 146 valence electrons. The van der Waals surface area contributed by atoms with E-state index in [1.54, 1.807) is 36.6 Å². The minimum Gasteiger partial charge on any atom is -0.318 e. The summed E-state index contributed by atoms with van der Waals surface area (Å²) in [5.41, 5.74) is 4.29. The number of aromatic nitrogens is 1. The van der Waals surface area contributed by atoms with Gasteiger partial charge in [0.05, 0.1) is 10.5 Å². The predicted molar refractivity (Wildman–Crippen MR) is 99.4 cm³/mol. The highest BCUT2D eigenvalue weighted by atomic mass is 32.2. The lowest BCUT2D eigenvalue weighted by molar-refractivity contribution is 0.0944. The maximum atomic E-state index is 13.2. The average molecular weight is 405 g/mol. The highest BCUT2D eigenvalue weighted by Crippen LogP contribution is 2.21. The SMILES string of the molecule is Cc1cc(C(=O)NNS(=O)(=O)c2cccc(F)c2)c(C)n1-c1ccc(F)cc1. The van der Waals surface area contributed by atoms with Crippen LogP contribution in [0, 0.1) is 25.5 Å². The number of sulfonamides is 1. The van der Waals surface area contributed by atoms with Crippen LogP contribution in [0.4, 0.5) is 8.78 Å². The molecule has 0 spiro atoms. The van der Waals surface area contributed by atoms with Crippen molar-refractivity contribution in [2.24, 2.45) is 0 Å². The van der Waals surface area contributed by atoms with Crippen LogP contribution in [0.3, 0.4) is 0 Å². The zero-order valence-electron chi connectivity index (χ0n) is 15.0. The molecule has 0 atom stereocenters. The van der Waals surface area contributed by atoms with E-state index in [2.05, 4.69) is 5.43 Å². The van der Waals surface area contributed by atoms with Crippen molar-refractivity contribution in [1.29, 1.82) is 0 Å². The standard InChI is InChI=1S/C19H17F2N3O3S/c1-12-10-18(13(2)24(12)16-8-6-14(20)7-9-16)19(25)22-23-28(26,27)17-5-3-4-15(21)11-17/h3-11,23H,1-2H3,(H,22,25). The van der Waals surface area contributed by atoms with Crippen molar-refractivity contribution in [1.82, 2.24) is 14.8 Å². The van der Waals surface area contributed by atoms with Gasteiger partial charge >= 0.3 is 0 Å². The smallest absolute Gasteiger partial charge is 0.268 e. The Labute approximate surface area is 160 Å². The second-order valence-electron chi connectivity index (χ2n) is 6.11. The normalized spacial score (nSPS) is 11.4. The van der Waals surface area contributed by atoms with Gasteiger partial charge in [0.25, 0.3) is 15.9 Å². The summed E-state index contributed by atoms with van der Waals surface area (Å²) in [6.07, 6.45) is 0. The molecule has 9 heteroatoms. The van der Waals surface area contributed by atoms with Crippen LogP contribution in [-0.2, 0) is 10.0 Å². The monoisotopic (exact) mass is 405 g/mol. The van der Waals surface area contributed by atoms with E-state index >= 15 is 0 Å². The molecule has 0 saturated carbocycles. The van der Waals surface area contributed by atoms with Gasteiger partial charge in [0.1, 0.15) is 11.6 Å². The second-order valence-corrected chi connectivity index (χ2v) is 7.80. The number of hydrogen-bond acceptors (Lipinski definition) is 3. The fourth-order valence-electron chi connectivity index (χ4n) is 2.85. The fourth-order valence-corrected chi connectivity index (χ4v) is 3.72. The number of hydrogen-bond donors (Lipinski definition) is 2. The maximum absolute atomic E-state index is 13.2. The minimum absolute atomic E-state index is 0.240. The number of carbonyl (C=O) groups excluding carboxylic acids is 1. The number of hydrazine groups is 1. The zero-order chi connectivity index (χ0) is 20.5. The highest BCUT2D eigenvalue weighted by Gasteiger charge is 2.20. The van der Waals surface area contributed by atoms with Crippen molar-refractivity contribution in [3.05, 3.63) is 83.2 Å². The van der Waals surface area contributed by atoms with Gasteiger partial charge in [-0.2, -0.15) is 0 Å². The molecule has 1 heterocycles. The predicted octanol–water partition coefficient (Wildman–Crippen LogP) is 3.00. The molecular formula is C19H17F2N3O3S. The second kappa shape index (κ2) is 7.53. The Bertz CT molecular complexity index is 1140. The van der Waals surface area contributed by atoms with Crippen LogP contribution in [0.15, 0.2) is 59.5 Å². The summed E-state index contributed by atoms with van der Waals surface area (Å²) >= 11 is 0. The van der Waals surface area contributed by atoms with Crippen LogP contribution in [0.5, 0.6) is 0 Å². The lowest BCUT2D eigenvalue weighted by Crippen LogP contribution is -2.41. The van der Waals surface area contributed by atoms with Crippen LogP contribution in [0.25, 0.3) is 5.69 Å². The number of nitrogens with one attached hydrogen (secondary N) is 2. The topological polar surface area (TPSA) is 80.2 Å². The molecular weight excluding hydrogens is 388 g/mol. The largest absolute Gasteiger partial charge is 0.318 e. The van der Waals surface area contributed by atoms with Crippen LogP contribution >= 0.6 is 0 Å². The molecule has 2 N–H and O–H groups in total. The number of carbonyl (C=O) groups is 1. The first kappa shape index (κ1) is 19.7. The van der Waals surface area contributed by atoms with E-state index in [1.807, 2.05) is 4.83 Å². The molecule has 0 radical (unpaired) electrons. The number of halogens is 2. The van der Waals surface area contributed by atoms with E-state index in [4.69, 9.17) is 0 Å². The third-order valence-corrected chi connectivity index (χ3v) is 5.41. The van der Waals surface area contributed by atoms with Crippen molar-refractivity contribution < 1.29 is 22.0 Å². The molecule has 28 heavy (non-hydrogen) atoms. The first-order valence-corrected chi connectivity index (χ1v) is 9.70. The molecule has 3 aromatic rings. The van der Waals surface area contributed by atoms with Gasteiger partial charge in [-0.25, -0.2) is 17.2 Å². The molecule has 0 aliphatic heterocycles. The van der Waals surface area contributed by atoms with Crippen molar-refractivity contribution in [3.8, 4) is 5.69 Å². The summed E-state index contributed by atoms with van der Waals surface area (Å²) in [7, 11) is -4.13. The number of rotatable bonds is 5. The van der Waals surface area contributed by atoms with Crippen molar-refractivity contribution in [3.63, 3.8) is 0 Å². The van der Waals surface area contributed by atoms with Crippen molar-refractivity contribution in [2.75, 3.05) is 0 Å². The Balaban J connectivity index is 1.82. The number of aryl methyl sites for hydroxylation is 1. The molecule has 3 rings (SSSR count). The Morgan fingerprint density at radius 1 is 0.964 bits per heavy atom. The van der Waals surface area contributed by atoms with Crippen molar-refractivity contribution >= 4 is 15.9 Å². The molecule has 0 fully saturated rings. The lowest BCUT2D eigenvalue weighted by Gasteiger charge is -2.11. The molecule has 0 unspecified atom stereocenters. The van der Waals surface area contributed by atoms with Crippen LogP contribution in [-0.4, -0.2) is 18.9 Å². The number of benzene rings is 2. The maximum Gasteiger partial charge on any atom is 0.268 e. The molecule has 1 aromatic heterocycles. The van der Waals surface area contributed by atoms with Gasteiger partial charge in [0, 0.05) is 17.1 Å². The van der Waals surface area contributed by atoms with E-state index in [0.717, 1.165) is 12.1 Å². The van der Waals surface area contributed by atoms with E-state index in [9.17, 15) is 22.0 Å². The van der Waals surface area contributed by atoms with Crippen LogP contribution < -0.4 is 10.3 Å². The molecule has 0 aliphatic carbocycles. The van der Waals surface area contributed by atoms with E-state index in [-0.39, 0.29) is 16.3 Å². The fraction of sp³-hybridized carbons (Fsp3) is 0.105. The zero-order valence-corrected chi connectivity index (χ0v) is 15.8. The molecule has 6 nitrogen and oxygen atoms in total. The van der Waals surface area contributed by atoms with Crippen LogP contribution in [0.1, 0.15) is 21.7 Å². The van der Waals surface area contributed by atoms with E-state index < -0.39 is 21.7 Å². The third-order valence-electron chi connectivity index (χ3n) is 4.17. The first-order valence-electron chi connectivity index (χ1n) is 8.21. The Kier molecular flexibility index (Phi) is 5.30. The number of amides is 1. The average Bonchev–Trinajstić information content (AvgIpc) is 2.95. The third kappa shape index (κ3) is 3.95. The van der Waals surface area contributed by atoms with Gasteiger partial charge in [-0.1, -0.05) is 6.07 Å². The van der Waals surface area contributed by atoms with Gasteiger partial charge in [-0.15, -0.1) is 4.83 Å². The summed E-state index contributed by atoms with van der Waals surface area (Å²) in [6, 6.07) is 11.8. The summed E-state index contributed by atoms with van der Waals surface area (Å²) in [5.74, 6) is -1.77. The highest BCUT2D eigenvalue weighted by molar-refractivity contribution is 7.89. The van der Waals surface area contributed by atoms with Gasteiger partial charge in [-0.05, 0) is 62.4 Å². The molecule has 1 amide bonds. The Morgan fingerprint density at radius 2 is 1.64 bits per heavy atom. The summed E-state index contributed by atoms with van der Waals surface area (Å²) < 4.78 is 52.5. The Morgan fingerprint density at radius 3 is 2.29 bits per heavy atom. The number of nitrogens with zero attached hydrogens (tertiary/aromatic N) is 1. The van der Waals surface area contributed by atoms with Gasteiger partial charge in [-0.3, -0.25) is 10.2 Å². The van der Waals surface area contributed by atoms with E-state index in [1.165, 1.54) is 24.3 Å². The summed E-state index contributed by atoms with van der Waals surface area (Å²) in [5, 5.41) is 0. The molecule has 0 saturated heterocycles. The Hall–Kier alpha value is -3.04. The van der Waals surface area contributed by atoms with Gasteiger partial charge in [0.2, 0.25) is 0 Å². The molecule has 0 bridgehead atoms.